The highest BCUT2D eigenvalue weighted by atomic mass is 16.6. The van der Waals surface area contributed by atoms with Gasteiger partial charge in [-0.3, -0.25) is 20.2 Å². The van der Waals surface area contributed by atoms with Crippen LogP contribution in [0.4, 0.5) is 17.1 Å². The SMILES string of the molecule is CC(C)[N+](Nc1cc([N+](=O)[O-])cc([N+](=O)[O-])c1)(C(C)O)C(C)O. The number of non-ortho nitro benzene ring substituents is 2. The Morgan fingerprint density at radius 2 is 1.35 bits per heavy atom. The van der Waals surface area contributed by atoms with Gasteiger partial charge in [0, 0.05) is 26.0 Å². The Kier molecular flexibility index (Phi) is 5.59. The lowest BCUT2D eigenvalue weighted by Crippen LogP contribution is -2.66. The maximum Gasteiger partial charge on any atom is 0.278 e. The van der Waals surface area contributed by atoms with Gasteiger partial charge in [0.1, 0.15) is 6.04 Å². The normalized spacial score (nSPS) is 16.5. The quantitative estimate of drug-likeness (QED) is 0.299. The molecule has 2 atom stereocenters. The minimum absolute atomic E-state index is 0.0569. The van der Waals surface area contributed by atoms with E-state index in [0.29, 0.717) is 0 Å². The Hall–Kier alpha value is -2.30. The third kappa shape index (κ3) is 3.73. The molecule has 0 bridgehead atoms. The molecule has 0 saturated carbocycles. The van der Waals surface area contributed by atoms with Gasteiger partial charge in [0.15, 0.2) is 0 Å². The predicted molar refractivity (Wildman–Crippen MR) is 82.1 cm³/mol. The molecule has 0 heterocycles. The van der Waals surface area contributed by atoms with Crippen LogP contribution in [0.3, 0.4) is 0 Å². The lowest BCUT2D eigenvalue weighted by atomic mass is 10.2. The molecule has 1 aromatic carbocycles. The smallest absolute Gasteiger partial charge is 0.278 e. The number of anilines is 1. The molecule has 2 unspecified atom stereocenters. The van der Waals surface area contributed by atoms with Gasteiger partial charge in [-0.25, -0.2) is 5.43 Å². The predicted octanol–water partition coefficient (Wildman–Crippen LogP) is 1.73. The molecular formula is C13H21N4O6+. The van der Waals surface area contributed by atoms with Gasteiger partial charge in [0.05, 0.1) is 21.6 Å². The van der Waals surface area contributed by atoms with Crippen molar-refractivity contribution in [3.63, 3.8) is 0 Å². The first-order valence-corrected chi connectivity index (χ1v) is 6.98. The largest absolute Gasteiger partial charge is 0.343 e. The summed E-state index contributed by atoms with van der Waals surface area (Å²) < 4.78 is -0.432. The first-order valence-electron chi connectivity index (χ1n) is 6.98. The van der Waals surface area contributed by atoms with Crippen molar-refractivity contribution in [2.75, 3.05) is 5.43 Å². The number of nitrogens with one attached hydrogen (secondary N) is 1. The second-order valence-corrected chi connectivity index (χ2v) is 5.56. The summed E-state index contributed by atoms with van der Waals surface area (Å²) >= 11 is 0. The van der Waals surface area contributed by atoms with Gasteiger partial charge in [-0.05, 0) is 13.8 Å². The third-order valence-corrected chi connectivity index (χ3v) is 3.74. The van der Waals surface area contributed by atoms with E-state index in [1.807, 2.05) is 0 Å². The maximum atomic E-state index is 10.9. The van der Waals surface area contributed by atoms with Gasteiger partial charge in [-0.1, -0.05) is 0 Å². The highest BCUT2D eigenvalue weighted by Crippen LogP contribution is 2.30. The van der Waals surface area contributed by atoms with Crippen LogP contribution in [0.15, 0.2) is 18.2 Å². The van der Waals surface area contributed by atoms with Crippen LogP contribution in [-0.4, -0.2) is 43.1 Å². The fourth-order valence-corrected chi connectivity index (χ4v) is 2.59. The molecule has 3 N–H and O–H groups in total. The molecule has 0 saturated heterocycles. The van der Waals surface area contributed by atoms with Crippen molar-refractivity contribution in [2.24, 2.45) is 0 Å². The third-order valence-electron chi connectivity index (χ3n) is 3.74. The summed E-state index contributed by atoms with van der Waals surface area (Å²) in [7, 11) is 0. The first kappa shape index (κ1) is 18.7. The molecule has 0 radical (unpaired) electrons. The summed E-state index contributed by atoms with van der Waals surface area (Å²) in [4.78, 5) is 20.4. The van der Waals surface area contributed by atoms with E-state index in [0.717, 1.165) is 18.2 Å². The average Bonchev–Trinajstić information content (AvgIpc) is 2.42. The zero-order valence-corrected chi connectivity index (χ0v) is 13.3. The Labute approximate surface area is 132 Å². The first-order chi connectivity index (χ1) is 10.5. The summed E-state index contributed by atoms with van der Waals surface area (Å²) in [6.07, 6.45) is -2.15. The van der Waals surface area contributed by atoms with Crippen molar-refractivity contribution < 1.29 is 24.7 Å². The van der Waals surface area contributed by atoms with Crippen LogP contribution in [0, 0.1) is 20.2 Å². The van der Waals surface area contributed by atoms with E-state index >= 15 is 0 Å². The van der Waals surface area contributed by atoms with E-state index in [2.05, 4.69) is 5.43 Å². The monoisotopic (exact) mass is 329 g/mol. The van der Waals surface area contributed by atoms with Gasteiger partial charge in [0.25, 0.3) is 11.4 Å². The molecule has 0 aromatic heterocycles. The summed E-state index contributed by atoms with van der Waals surface area (Å²) in [5.74, 6) is 0. The van der Waals surface area contributed by atoms with E-state index in [-0.39, 0.29) is 11.7 Å². The number of hydrogen-bond donors (Lipinski definition) is 3. The summed E-state index contributed by atoms with van der Waals surface area (Å²) in [6, 6.07) is 2.76. The van der Waals surface area contributed by atoms with Crippen LogP contribution < -0.4 is 5.43 Å². The van der Waals surface area contributed by atoms with E-state index < -0.39 is 38.3 Å². The number of rotatable bonds is 7. The molecule has 0 aliphatic heterocycles. The van der Waals surface area contributed by atoms with Crippen molar-refractivity contribution in [3.05, 3.63) is 38.4 Å². The number of nitro benzene ring substituents is 2. The fourth-order valence-electron chi connectivity index (χ4n) is 2.59. The number of quaternary nitrogens is 1. The summed E-state index contributed by atoms with van der Waals surface area (Å²) in [5.41, 5.74) is 1.95. The van der Waals surface area contributed by atoms with E-state index in [9.17, 15) is 30.4 Å². The lowest BCUT2D eigenvalue weighted by Gasteiger charge is -2.45. The van der Waals surface area contributed by atoms with E-state index in [4.69, 9.17) is 0 Å². The van der Waals surface area contributed by atoms with E-state index in [1.165, 1.54) is 13.8 Å². The van der Waals surface area contributed by atoms with Gasteiger partial charge in [-0.15, -0.1) is 0 Å². The Morgan fingerprint density at radius 3 is 1.61 bits per heavy atom. The lowest BCUT2D eigenvalue weighted by molar-refractivity contribution is -1.01. The van der Waals surface area contributed by atoms with Crippen LogP contribution in [0.1, 0.15) is 27.7 Å². The van der Waals surface area contributed by atoms with Crippen molar-refractivity contribution in [1.82, 2.24) is 0 Å². The molecule has 0 amide bonds. The highest BCUT2D eigenvalue weighted by Gasteiger charge is 2.42. The molecule has 23 heavy (non-hydrogen) atoms. The molecule has 0 aliphatic rings. The standard InChI is InChI=1S/C13H21N4O6/c1-8(2)17(9(3)18,10(4)19)14-11-5-12(15(20)21)7-13(6-11)16(22)23/h5-10,14,18-19H,1-4H3/q+1. The number of nitro groups is 2. The number of nitrogens with zero attached hydrogens (tertiary/aromatic N) is 3. The Bertz CT molecular complexity index is 548. The van der Waals surface area contributed by atoms with Gasteiger partial charge >= 0.3 is 0 Å². The Morgan fingerprint density at radius 1 is 0.957 bits per heavy atom. The Balaban J connectivity index is 3.44. The number of hydrogen-bond acceptors (Lipinski definition) is 7. The average molecular weight is 329 g/mol. The molecule has 1 aromatic rings. The van der Waals surface area contributed by atoms with Crippen molar-refractivity contribution in [2.45, 2.75) is 46.2 Å². The van der Waals surface area contributed by atoms with Crippen LogP contribution >= 0.6 is 0 Å². The second kappa shape index (κ2) is 6.86. The fraction of sp³-hybridized carbons (Fsp3) is 0.538. The van der Waals surface area contributed by atoms with Crippen LogP contribution in [0.25, 0.3) is 0 Å². The number of aliphatic hydroxyl groups is 2. The molecule has 0 aliphatic carbocycles. The van der Waals surface area contributed by atoms with Crippen molar-refractivity contribution in [1.29, 1.82) is 0 Å². The summed E-state index contributed by atoms with van der Waals surface area (Å²) in [6.45, 7) is 6.37. The molecule has 128 valence electrons. The molecule has 0 fully saturated rings. The van der Waals surface area contributed by atoms with E-state index in [1.54, 1.807) is 13.8 Å². The maximum absolute atomic E-state index is 10.9. The minimum Gasteiger partial charge on any atom is -0.343 e. The van der Waals surface area contributed by atoms with Crippen LogP contribution in [0.2, 0.25) is 0 Å². The van der Waals surface area contributed by atoms with Crippen molar-refractivity contribution in [3.8, 4) is 0 Å². The van der Waals surface area contributed by atoms with Gasteiger partial charge in [-0.2, -0.15) is 4.59 Å². The topological polar surface area (TPSA) is 139 Å². The van der Waals surface area contributed by atoms with Gasteiger partial charge < -0.3 is 10.2 Å². The molecule has 10 heteroatoms. The van der Waals surface area contributed by atoms with Crippen LogP contribution in [0.5, 0.6) is 0 Å². The minimum atomic E-state index is -1.08. The zero-order valence-electron chi connectivity index (χ0n) is 13.3. The van der Waals surface area contributed by atoms with Gasteiger partial charge in [0.2, 0.25) is 12.5 Å². The molecule has 0 spiro atoms. The molecular weight excluding hydrogens is 308 g/mol. The number of aliphatic hydroxyl groups excluding tert-OH is 2. The van der Waals surface area contributed by atoms with Crippen LogP contribution in [-0.2, 0) is 0 Å². The molecule has 10 nitrogen and oxygen atoms in total. The van der Waals surface area contributed by atoms with Crippen molar-refractivity contribution >= 4 is 17.1 Å². The highest BCUT2D eigenvalue weighted by molar-refractivity contribution is 5.57. The number of benzene rings is 1. The summed E-state index contributed by atoms with van der Waals surface area (Å²) in [5, 5.41) is 42.1. The second-order valence-electron chi connectivity index (χ2n) is 5.56. The zero-order chi connectivity index (χ0) is 17.9. The molecule has 1 rings (SSSR count).